The van der Waals surface area contributed by atoms with Crippen molar-refractivity contribution >= 4 is 33.2 Å². The molecule has 0 atom stereocenters. The number of benzene rings is 5. The summed E-state index contributed by atoms with van der Waals surface area (Å²) in [4.78, 5) is 2.24. The first kappa shape index (κ1) is 19.4. The summed E-state index contributed by atoms with van der Waals surface area (Å²) in [5, 5.41) is 2.56. The SMILES string of the molecule is CN(c1ccc(-c2ccccc2)cc1)c1cccc(-n2c3ccccc3c3ccccc32)c1. The predicted octanol–water partition coefficient (Wildman–Crippen LogP) is 8.22. The minimum Gasteiger partial charge on any atom is -0.345 e. The maximum absolute atomic E-state index is 2.36. The Hall–Kier alpha value is -4.30. The Morgan fingerprint density at radius 3 is 1.73 bits per heavy atom. The third-order valence-corrected chi connectivity index (χ3v) is 6.42. The van der Waals surface area contributed by atoms with Gasteiger partial charge in [0.05, 0.1) is 11.0 Å². The average Bonchev–Trinajstić information content (AvgIpc) is 3.23. The van der Waals surface area contributed by atoms with E-state index in [1.807, 2.05) is 0 Å². The van der Waals surface area contributed by atoms with Crippen LogP contribution in [0.1, 0.15) is 0 Å². The third-order valence-electron chi connectivity index (χ3n) is 6.42. The molecule has 0 bridgehead atoms. The van der Waals surface area contributed by atoms with Crippen LogP contribution in [0.15, 0.2) is 127 Å². The Morgan fingerprint density at radius 1 is 0.485 bits per heavy atom. The molecule has 1 heterocycles. The molecule has 0 saturated carbocycles. The molecular weight excluding hydrogens is 400 g/mol. The fourth-order valence-electron chi connectivity index (χ4n) is 4.70. The van der Waals surface area contributed by atoms with Gasteiger partial charge in [-0.3, -0.25) is 0 Å². The molecule has 0 radical (unpaired) electrons. The Kier molecular flexibility index (Phi) is 4.70. The number of anilines is 2. The molecule has 0 amide bonds. The van der Waals surface area contributed by atoms with E-state index >= 15 is 0 Å². The second-order valence-corrected chi connectivity index (χ2v) is 8.36. The zero-order valence-corrected chi connectivity index (χ0v) is 18.5. The highest BCUT2D eigenvalue weighted by Gasteiger charge is 2.13. The van der Waals surface area contributed by atoms with Crippen molar-refractivity contribution in [2.24, 2.45) is 0 Å². The smallest absolute Gasteiger partial charge is 0.0541 e. The number of fused-ring (bicyclic) bond motifs is 3. The lowest BCUT2D eigenvalue weighted by Crippen LogP contribution is -2.09. The molecule has 33 heavy (non-hydrogen) atoms. The maximum Gasteiger partial charge on any atom is 0.0541 e. The van der Waals surface area contributed by atoms with Gasteiger partial charge in [0, 0.05) is 34.9 Å². The van der Waals surface area contributed by atoms with Gasteiger partial charge in [0.2, 0.25) is 0 Å². The number of nitrogens with zero attached hydrogens (tertiary/aromatic N) is 2. The fraction of sp³-hybridized carbons (Fsp3) is 0.0323. The monoisotopic (exact) mass is 424 g/mol. The molecule has 6 aromatic rings. The van der Waals surface area contributed by atoms with Gasteiger partial charge in [0.1, 0.15) is 0 Å². The molecule has 0 aliphatic heterocycles. The van der Waals surface area contributed by atoms with Gasteiger partial charge in [-0.25, -0.2) is 0 Å². The summed E-state index contributed by atoms with van der Waals surface area (Å²) < 4.78 is 2.36. The van der Waals surface area contributed by atoms with E-state index in [1.165, 1.54) is 32.9 Å². The number of para-hydroxylation sites is 2. The molecular formula is C31H24N2. The van der Waals surface area contributed by atoms with Gasteiger partial charge in [-0.15, -0.1) is 0 Å². The molecule has 0 N–H and O–H groups in total. The molecule has 2 nitrogen and oxygen atoms in total. The Morgan fingerprint density at radius 2 is 1.06 bits per heavy atom. The first-order chi connectivity index (χ1) is 16.3. The summed E-state index contributed by atoms with van der Waals surface area (Å²) in [5.41, 5.74) is 8.40. The normalized spacial score (nSPS) is 11.2. The van der Waals surface area contributed by atoms with Crippen molar-refractivity contribution in [3.8, 4) is 16.8 Å². The van der Waals surface area contributed by atoms with E-state index in [2.05, 4.69) is 144 Å². The van der Waals surface area contributed by atoms with Crippen molar-refractivity contribution in [1.29, 1.82) is 0 Å². The van der Waals surface area contributed by atoms with E-state index < -0.39 is 0 Å². The molecule has 0 saturated heterocycles. The van der Waals surface area contributed by atoms with E-state index in [0.717, 1.165) is 17.1 Å². The number of aromatic nitrogens is 1. The van der Waals surface area contributed by atoms with Gasteiger partial charge in [0.15, 0.2) is 0 Å². The summed E-state index contributed by atoms with van der Waals surface area (Å²) in [7, 11) is 2.13. The topological polar surface area (TPSA) is 8.17 Å². The molecule has 0 spiro atoms. The van der Waals surface area contributed by atoms with Crippen LogP contribution < -0.4 is 4.90 Å². The lowest BCUT2D eigenvalue weighted by Gasteiger charge is -2.21. The Balaban J connectivity index is 1.40. The number of rotatable bonds is 4. The maximum atomic E-state index is 2.36. The molecule has 6 rings (SSSR count). The van der Waals surface area contributed by atoms with Gasteiger partial charge in [-0.2, -0.15) is 0 Å². The Labute approximate surface area is 194 Å². The highest BCUT2D eigenvalue weighted by atomic mass is 15.1. The fourth-order valence-corrected chi connectivity index (χ4v) is 4.70. The lowest BCUT2D eigenvalue weighted by atomic mass is 10.1. The zero-order valence-electron chi connectivity index (χ0n) is 18.5. The molecule has 158 valence electrons. The van der Waals surface area contributed by atoms with Crippen LogP contribution in [0.3, 0.4) is 0 Å². The predicted molar refractivity (Wildman–Crippen MR) is 141 cm³/mol. The largest absolute Gasteiger partial charge is 0.345 e. The summed E-state index contributed by atoms with van der Waals surface area (Å²) in [6.07, 6.45) is 0. The van der Waals surface area contributed by atoms with Crippen molar-refractivity contribution in [3.05, 3.63) is 127 Å². The average molecular weight is 425 g/mol. The summed E-state index contributed by atoms with van der Waals surface area (Å²) in [5.74, 6) is 0. The van der Waals surface area contributed by atoms with Gasteiger partial charge in [0.25, 0.3) is 0 Å². The molecule has 0 aliphatic rings. The second kappa shape index (κ2) is 7.99. The molecule has 2 heteroatoms. The molecule has 0 unspecified atom stereocenters. The lowest BCUT2D eigenvalue weighted by molar-refractivity contribution is 1.15. The highest BCUT2D eigenvalue weighted by Crippen LogP contribution is 2.34. The quantitative estimate of drug-likeness (QED) is 0.277. The van der Waals surface area contributed by atoms with Crippen LogP contribution in [-0.2, 0) is 0 Å². The van der Waals surface area contributed by atoms with E-state index in [4.69, 9.17) is 0 Å². The van der Waals surface area contributed by atoms with Gasteiger partial charge >= 0.3 is 0 Å². The first-order valence-corrected chi connectivity index (χ1v) is 11.3. The molecule has 0 fully saturated rings. The van der Waals surface area contributed by atoms with Crippen LogP contribution in [0.25, 0.3) is 38.6 Å². The van der Waals surface area contributed by atoms with E-state index in [1.54, 1.807) is 0 Å². The number of hydrogen-bond donors (Lipinski definition) is 0. The van der Waals surface area contributed by atoms with Crippen molar-refractivity contribution in [3.63, 3.8) is 0 Å². The van der Waals surface area contributed by atoms with E-state index in [-0.39, 0.29) is 0 Å². The van der Waals surface area contributed by atoms with Gasteiger partial charge in [-0.05, 0) is 53.6 Å². The summed E-state index contributed by atoms with van der Waals surface area (Å²) in [6, 6.07) is 45.3. The van der Waals surface area contributed by atoms with Crippen molar-refractivity contribution in [2.75, 3.05) is 11.9 Å². The van der Waals surface area contributed by atoms with Crippen molar-refractivity contribution in [2.45, 2.75) is 0 Å². The van der Waals surface area contributed by atoms with Crippen molar-refractivity contribution in [1.82, 2.24) is 4.57 Å². The summed E-state index contributed by atoms with van der Waals surface area (Å²) in [6.45, 7) is 0. The molecule has 5 aromatic carbocycles. The Bertz CT molecular complexity index is 1510. The zero-order chi connectivity index (χ0) is 22.2. The molecule has 1 aromatic heterocycles. The minimum atomic E-state index is 1.15. The van der Waals surface area contributed by atoms with Crippen LogP contribution >= 0.6 is 0 Å². The van der Waals surface area contributed by atoms with Crippen LogP contribution in [0.5, 0.6) is 0 Å². The van der Waals surface area contributed by atoms with Crippen LogP contribution in [0.4, 0.5) is 11.4 Å². The van der Waals surface area contributed by atoms with Crippen LogP contribution in [-0.4, -0.2) is 11.6 Å². The standard InChI is InChI=1S/C31H24N2/c1-32(25-20-18-24(19-21-25)23-10-3-2-4-11-23)26-12-9-13-27(22-26)33-30-16-7-5-14-28(30)29-15-6-8-17-31(29)33/h2-22H,1H3. The summed E-state index contributed by atoms with van der Waals surface area (Å²) >= 11 is 0. The second-order valence-electron chi connectivity index (χ2n) is 8.36. The van der Waals surface area contributed by atoms with E-state index in [9.17, 15) is 0 Å². The number of hydrogen-bond acceptors (Lipinski definition) is 1. The van der Waals surface area contributed by atoms with Crippen LogP contribution in [0.2, 0.25) is 0 Å². The van der Waals surface area contributed by atoms with Gasteiger partial charge in [-0.1, -0.05) is 84.9 Å². The highest BCUT2D eigenvalue weighted by molar-refractivity contribution is 6.09. The van der Waals surface area contributed by atoms with Crippen molar-refractivity contribution < 1.29 is 0 Å². The first-order valence-electron chi connectivity index (χ1n) is 11.3. The van der Waals surface area contributed by atoms with Gasteiger partial charge < -0.3 is 9.47 Å². The van der Waals surface area contributed by atoms with Crippen LogP contribution in [0, 0.1) is 0 Å². The van der Waals surface area contributed by atoms with E-state index in [0.29, 0.717) is 0 Å². The third kappa shape index (κ3) is 3.37. The molecule has 0 aliphatic carbocycles. The minimum absolute atomic E-state index is 1.15.